The van der Waals surface area contributed by atoms with Crippen molar-refractivity contribution in [3.63, 3.8) is 0 Å². The van der Waals surface area contributed by atoms with E-state index < -0.39 is 16.2 Å². The lowest BCUT2D eigenvalue weighted by atomic mass is 9.90. The fourth-order valence-corrected chi connectivity index (χ4v) is 4.07. The van der Waals surface area contributed by atoms with Gasteiger partial charge in [0.15, 0.2) is 0 Å². The van der Waals surface area contributed by atoms with E-state index in [9.17, 15) is 14.9 Å². The molecule has 6 nitrogen and oxygen atoms in total. The van der Waals surface area contributed by atoms with E-state index in [0.29, 0.717) is 11.6 Å². The molecule has 23 heavy (non-hydrogen) atoms. The highest BCUT2D eigenvalue weighted by Crippen LogP contribution is 2.34. The van der Waals surface area contributed by atoms with Crippen molar-refractivity contribution in [2.45, 2.75) is 51.5 Å². The third-order valence-corrected chi connectivity index (χ3v) is 5.47. The summed E-state index contributed by atoms with van der Waals surface area (Å²) in [5.74, 6) is 0.533. The molecule has 0 N–H and O–H groups in total. The molecule has 0 spiro atoms. The summed E-state index contributed by atoms with van der Waals surface area (Å²) in [6.07, 6.45) is 6.18. The standard InChI is InChI=1S/C16H19N3O3S/c1-11-7-8-14(19(21)22)16(20)18(11)9-13-10-23-15(17-13)12-5-3-2-4-6-12/h7-8,10,12H,2-6,9H2,1H3. The lowest BCUT2D eigenvalue weighted by Gasteiger charge is -2.18. The van der Waals surface area contributed by atoms with Gasteiger partial charge in [0.2, 0.25) is 0 Å². The first-order chi connectivity index (χ1) is 11.1. The highest BCUT2D eigenvalue weighted by Gasteiger charge is 2.20. The first-order valence-electron chi connectivity index (χ1n) is 7.85. The van der Waals surface area contributed by atoms with Crippen molar-refractivity contribution < 1.29 is 4.92 Å². The van der Waals surface area contributed by atoms with Crippen LogP contribution in [0.25, 0.3) is 0 Å². The quantitative estimate of drug-likeness (QED) is 0.632. The second kappa shape index (κ2) is 6.62. The molecule has 3 rings (SSSR count). The van der Waals surface area contributed by atoms with Crippen LogP contribution in [0.2, 0.25) is 0 Å². The van der Waals surface area contributed by atoms with E-state index in [2.05, 4.69) is 4.98 Å². The van der Waals surface area contributed by atoms with Gasteiger partial charge < -0.3 is 4.57 Å². The smallest absolute Gasteiger partial charge is 0.301 e. The molecule has 1 saturated carbocycles. The van der Waals surface area contributed by atoms with Gasteiger partial charge in [-0.15, -0.1) is 11.3 Å². The average Bonchev–Trinajstić information content (AvgIpc) is 3.00. The van der Waals surface area contributed by atoms with Gasteiger partial charge in [-0.2, -0.15) is 0 Å². The van der Waals surface area contributed by atoms with Crippen molar-refractivity contribution in [2.75, 3.05) is 0 Å². The Morgan fingerprint density at radius 1 is 1.35 bits per heavy atom. The maximum absolute atomic E-state index is 12.2. The number of aryl methyl sites for hydroxylation is 1. The Kier molecular flexibility index (Phi) is 4.56. The molecule has 0 unspecified atom stereocenters. The summed E-state index contributed by atoms with van der Waals surface area (Å²) in [4.78, 5) is 27.2. The zero-order chi connectivity index (χ0) is 16.4. The Morgan fingerprint density at radius 3 is 2.78 bits per heavy atom. The first kappa shape index (κ1) is 15.9. The maximum atomic E-state index is 12.2. The van der Waals surface area contributed by atoms with E-state index in [-0.39, 0.29) is 6.54 Å². The molecule has 0 radical (unpaired) electrons. The Hall–Kier alpha value is -2.02. The minimum atomic E-state index is -0.632. The van der Waals surface area contributed by atoms with Gasteiger partial charge in [-0.3, -0.25) is 14.9 Å². The number of hydrogen-bond acceptors (Lipinski definition) is 5. The Balaban J connectivity index is 1.85. The van der Waals surface area contributed by atoms with E-state index in [1.165, 1.54) is 42.7 Å². The van der Waals surface area contributed by atoms with Crippen LogP contribution in [0.1, 0.15) is 54.4 Å². The third-order valence-electron chi connectivity index (χ3n) is 4.41. The number of thiazole rings is 1. The summed E-state index contributed by atoms with van der Waals surface area (Å²) in [5, 5.41) is 14.0. The van der Waals surface area contributed by atoms with Gasteiger partial charge in [-0.05, 0) is 25.8 Å². The third kappa shape index (κ3) is 3.34. The molecule has 2 heterocycles. The molecular formula is C16H19N3O3S. The molecule has 0 bridgehead atoms. The minimum absolute atomic E-state index is 0.287. The van der Waals surface area contributed by atoms with Gasteiger partial charge in [-0.25, -0.2) is 4.98 Å². The molecule has 0 saturated heterocycles. The summed E-state index contributed by atoms with van der Waals surface area (Å²) in [6.45, 7) is 2.06. The second-order valence-electron chi connectivity index (χ2n) is 6.02. The molecule has 0 atom stereocenters. The van der Waals surface area contributed by atoms with E-state index in [1.54, 1.807) is 24.3 Å². The SMILES string of the molecule is Cc1ccc([N+](=O)[O-])c(=O)n1Cc1csc(C2CCCCC2)n1. The van der Waals surface area contributed by atoms with Crippen LogP contribution in [-0.2, 0) is 6.54 Å². The molecule has 122 valence electrons. The van der Waals surface area contributed by atoms with Crippen molar-refractivity contribution in [1.82, 2.24) is 9.55 Å². The maximum Gasteiger partial charge on any atom is 0.334 e. The van der Waals surface area contributed by atoms with Crippen molar-refractivity contribution in [2.24, 2.45) is 0 Å². The van der Waals surface area contributed by atoms with Crippen LogP contribution < -0.4 is 5.56 Å². The highest BCUT2D eigenvalue weighted by atomic mass is 32.1. The summed E-state index contributed by atoms with van der Waals surface area (Å²) in [7, 11) is 0. The zero-order valence-electron chi connectivity index (χ0n) is 13.0. The minimum Gasteiger partial charge on any atom is -0.301 e. The van der Waals surface area contributed by atoms with Gasteiger partial charge in [0.05, 0.1) is 22.2 Å². The lowest BCUT2D eigenvalue weighted by molar-refractivity contribution is -0.386. The number of nitrogens with zero attached hydrogens (tertiary/aromatic N) is 3. The summed E-state index contributed by atoms with van der Waals surface area (Å²) >= 11 is 1.64. The fraction of sp³-hybridized carbons (Fsp3) is 0.500. The van der Waals surface area contributed by atoms with Crippen molar-refractivity contribution >= 4 is 17.0 Å². The van der Waals surface area contributed by atoms with Crippen molar-refractivity contribution in [3.05, 3.63) is 54.4 Å². The van der Waals surface area contributed by atoms with Crippen molar-refractivity contribution in [1.29, 1.82) is 0 Å². The lowest BCUT2D eigenvalue weighted by Crippen LogP contribution is -2.25. The molecule has 2 aromatic rings. The largest absolute Gasteiger partial charge is 0.334 e. The monoisotopic (exact) mass is 333 g/mol. The van der Waals surface area contributed by atoms with Gasteiger partial charge in [-0.1, -0.05) is 19.3 Å². The molecule has 1 aliphatic rings. The van der Waals surface area contributed by atoms with E-state index in [0.717, 1.165) is 10.7 Å². The van der Waals surface area contributed by atoms with Crippen LogP contribution in [0, 0.1) is 17.0 Å². The number of pyridine rings is 1. The highest BCUT2D eigenvalue weighted by molar-refractivity contribution is 7.09. The summed E-state index contributed by atoms with van der Waals surface area (Å²) in [6, 6.07) is 2.87. The molecule has 1 aliphatic carbocycles. The average molecular weight is 333 g/mol. The van der Waals surface area contributed by atoms with Crippen LogP contribution in [0.5, 0.6) is 0 Å². The molecule has 1 fully saturated rings. The molecule has 2 aromatic heterocycles. The van der Waals surface area contributed by atoms with Gasteiger partial charge in [0.1, 0.15) is 0 Å². The van der Waals surface area contributed by atoms with E-state index in [1.807, 2.05) is 5.38 Å². The van der Waals surface area contributed by atoms with E-state index in [4.69, 9.17) is 0 Å². The number of hydrogen-bond donors (Lipinski definition) is 0. The topological polar surface area (TPSA) is 78.0 Å². The molecule has 0 aliphatic heterocycles. The van der Waals surface area contributed by atoms with Crippen LogP contribution in [-0.4, -0.2) is 14.5 Å². The van der Waals surface area contributed by atoms with Gasteiger partial charge in [0, 0.05) is 23.1 Å². The van der Waals surface area contributed by atoms with Crippen LogP contribution in [0.3, 0.4) is 0 Å². The summed E-state index contributed by atoms with van der Waals surface area (Å²) < 4.78 is 1.43. The molecule has 0 amide bonds. The van der Waals surface area contributed by atoms with Gasteiger partial charge >= 0.3 is 11.2 Å². The molecule has 0 aromatic carbocycles. The van der Waals surface area contributed by atoms with Crippen LogP contribution in [0.15, 0.2) is 22.3 Å². The number of nitro groups is 1. The van der Waals surface area contributed by atoms with E-state index >= 15 is 0 Å². The number of aromatic nitrogens is 2. The Labute approximate surface area is 138 Å². The predicted molar refractivity (Wildman–Crippen MR) is 89.1 cm³/mol. The zero-order valence-corrected chi connectivity index (χ0v) is 13.8. The van der Waals surface area contributed by atoms with Crippen LogP contribution in [0.4, 0.5) is 5.69 Å². The molecule has 7 heteroatoms. The number of rotatable bonds is 4. The first-order valence-corrected chi connectivity index (χ1v) is 8.73. The summed E-state index contributed by atoms with van der Waals surface area (Å²) in [5.41, 5.74) is 0.551. The molecular weight excluding hydrogens is 314 g/mol. The van der Waals surface area contributed by atoms with Crippen LogP contribution >= 0.6 is 11.3 Å². The Bertz CT molecular complexity index is 775. The fourth-order valence-electron chi connectivity index (χ4n) is 3.09. The van der Waals surface area contributed by atoms with Gasteiger partial charge in [0.25, 0.3) is 0 Å². The second-order valence-corrected chi connectivity index (χ2v) is 6.91. The van der Waals surface area contributed by atoms with Crippen molar-refractivity contribution in [3.8, 4) is 0 Å². The Morgan fingerprint density at radius 2 is 2.09 bits per heavy atom. The normalized spacial score (nSPS) is 15.7. The predicted octanol–water partition coefficient (Wildman–Crippen LogP) is 3.62.